The maximum Gasteiger partial charge on any atom is 0.222 e. The third-order valence-corrected chi connectivity index (χ3v) is 7.66. The summed E-state index contributed by atoms with van der Waals surface area (Å²) in [6.07, 6.45) is 37.0. The van der Waals surface area contributed by atoms with Crippen LogP contribution in [0.15, 0.2) is 36.5 Å². The van der Waals surface area contributed by atoms with E-state index < -0.39 is 18.2 Å². The molecule has 0 fully saturated rings. The Bertz CT molecular complexity index is 645. The van der Waals surface area contributed by atoms with E-state index in [1.165, 1.54) is 96.3 Å². The molecule has 5 nitrogen and oxygen atoms in total. The highest BCUT2D eigenvalue weighted by Gasteiger charge is 2.20. The van der Waals surface area contributed by atoms with Crippen molar-refractivity contribution >= 4 is 5.91 Å². The zero-order chi connectivity index (χ0) is 30.2. The van der Waals surface area contributed by atoms with Crippen molar-refractivity contribution in [3.05, 3.63) is 36.5 Å². The number of aliphatic hydroxyl groups is 3. The van der Waals surface area contributed by atoms with E-state index in [4.69, 9.17) is 0 Å². The van der Waals surface area contributed by atoms with Crippen molar-refractivity contribution in [1.82, 2.24) is 5.32 Å². The number of rotatable bonds is 30. The Kier molecular flexibility index (Phi) is 30.4. The monoisotopic (exact) mass is 578 g/mol. The van der Waals surface area contributed by atoms with Gasteiger partial charge in [-0.2, -0.15) is 0 Å². The molecule has 0 aliphatic rings. The summed E-state index contributed by atoms with van der Waals surface area (Å²) in [4.78, 5) is 12.3. The van der Waals surface area contributed by atoms with Crippen molar-refractivity contribution in [3.63, 3.8) is 0 Å². The van der Waals surface area contributed by atoms with Gasteiger partial charge in [0.05, 0.1) is 31.3 Å². The van der Waals surface area contributed by atoms with Crippen LogP contribution in [0.25, 0.3) is 0 Å². The van der Waals surface area contributed by atoms with Gasteiger partial charge in [0.2, 0.25) is 5.91 Å². The molecule has 0 bridgehead atoms. The molecule has 240 valence electrons. The van der Waals surface area contributed by atoms with E-state index in [1.54, 1.807) is 6.08 Å². The summed E-state index contributed by atoms with van der Waals surface area (Å²) < 4.78 is 0. The van der Waals surface area contributed by atoms with Gasteiger partial charge in [-0.15, -0.1) is 0 Å². The second-order valence-electron chi connectivity index (χ2n) is 11.8. The highest BCUT2D eigenvalue weighted by molar-refractivity contribution is 5.76. The summed E-state index contributed by atoms with van der Waals surface area (Å²) >= 11 is 0. The Hall–Kier alpha value is -1.43. The lowest BCUT2D eigenvalue weighted by Crippen LogP contribution is -2.45. The predicted octanol–water partition coefficient (Wildman–Crippen LogP) is 8.87. The van der Waals surface area contributed by atoms with Crippen LogP contribution in [-0.2, 0) is 4.79 Å². The summed E-state index contributed by atoms with van der Waals surface area (Å²) in [6.45, 7) is 4.14. The molecule has 0 heterocycles. The molecule has 0 aliphatic heterocycles. The molecule has 0 radical (unpaired) electrons. The van der Waals surface area contributed by atoms with Gasteiger partial charge in [-0.05, 0) is 44.9 Å². The molecular weight excluding hydrogens is 510 g/mol. The fourth-order valence-electron chi connectivity index (χ4n) is 4.96. The van der Waals surface area contributed by atoms with E-state index in [9.17, 15) is 20.1 Å². The van der Waals surface area contributed by atoms with Crippen LogP contribution in [0, 0.1) is 0 Å². The minimum Gasteiger partial charge on any atom is -0.394 e. The minimum atomic E-state index is -0.955. The van der Waals surface area contributed by atoms with Gasteiger partial charge in [-0.3, -0.25) is 4.79 Å². The molecule has 3 atom stereocenters. The normalized spacial score (nSPS) is 14.4. The largest absolute Gasteiger partial charge is 0.394 e. The van der Waals surface area contributed by atoms with Crippen molar-refractivity contribution in [2.45, 2.75) is 180 Å². The van der Waals surface area contributed by atoms with Crippen LogP contribution < -0.4 is 5.32 Å². The van der Waals surface area contributed by atoms with Crippen molar-refractivity contribution in [2.75, 3.05) is 6.61 Å². The summed E-state index contributed by atoms with van der Waals surface area (Å²) in [7, 11) is 0. The molecule has 0 spiro atoms. The molecule has 0 rings (SSSR count). The SMILES string of the molecule is CCCCCCCCC/C=C/CC/C=C/CC/C=C/C(O)C(CO)NC(=O)CC(O)CCCCCCCCCCC. The first-order valence-corrected chi connectivity index (χ1v) is 17.3. The first-order valence-electron chi connectivity index (χ1n) is 17.3. The van der Waals surface area contributed by atoms with Crippen molar-refractivity contribution < 1.29 is 20.1 Å². The Balaban J connectivity index is 3.85. The second kappa shape index (κ2) is 31.5. The first-order chi connectivity index (χ1) is 20.0. The van der Waals surface area contributed by atoms with Crippen molar-refractivity contribution in [1.29, 1.82) is 0 Å². The quantitative estimate of drug-likeness (QED) is 0.0507. The van der Waals surface area contributed by atoms with Gasteiger partial charge < -0.3 is 20.6 Å². The van der Waals surface area contributed by atoms with E-state index in [-0.39, 0.29) is 18.9 Å². The number of hydrogen-bond acceptors (Lipinski definition) is 4. The van der Waals surface area contributed by atoms with Crippen LogP contribution in [0.1, 0.15) is 162 Å². The van der Waals surface area contributed by atoms with Crippen LogP contribution in [-0.4, -0.2) is 46.1 Å². The lowest BCUT2D eigenvalue weighted by Gasteiger charge is -2.21. The molecule has 41 heavy (non-hydrogen) atoms. The third-order valence-electron chi connectivity index (χ3n) is 7.66. The van der Waals surface area contributed by atoms with Gasteiger partial charge in [0.25, 0.3) is 0 Å². The van der Waals surface area contributed by atoms with Crippen LogP contribution in [0.2, 0.25) is 0 Å². The Morgan fingerprint density at radius 1 is 0.610 bits per heavy atom. The van der Waals surface area contributed by atoms with Crippen molar-refractivity contribution in [2.24, 2.45) is 0 Å². The highest BCUT2D eigenvalue weighted by atomic mass is 16.3. The number of hydrogen-bond donors (Lipinski definition) is 4. The van der Waals surface area contributed by atoms with Gasteiger partial charge >= 0.3 is 0 Å². The Morgan fingerprint density at radius 3 is 1.56 bits per heavy atom. The number of carbonyl (C=O) groups is 1. The molecule has 0 aromatic heterocycles. The molecule has 3 unspecified atom stereocenters. The minimum absolute atomic E-state index is 0.00304. The highest BCUT2D eigenvalue weighted by Crippen LogP contribution is 2.13. The van der Waals surface area contributed by atoms with Crippen LogP contribution in [0.4, 0.5) is 0 Å². The lowest BCUT2D eigenvalue weighted by atomic mass is 10.0. The average molecular weight is 578 g/mol. The summed E-state index contributed by atoms with van der Waals surface area (Å²) in [5.74, 6) is -0.334. The van der Waals surface area contributed by atoms with Crippen molar-refractivity contribution in [3.8, 4) is 0 Å². The molecule has 1 amide bonds. The molecule has 4 N–H and O–H groups in total. The third kappa shape index (κ3) is 28.5. The molecule has 0 aromatic carbocycles. The van der Waals surface area contributed by atoms with Gasteiger partial charge in [0, 0.05) is 0 Å². The van der Waals surface area contributed by atoms with E-state index in [0.717, 1.165) is 38.5 Å². The Morgan fingerprint density at radius 2 is 1.05 bits per heavy atom. The van der Waals surface area contributed by atoms with E-state index >= 15 is 0 Å². The van der Waals surface area contributed by atoms with Crippen LogP contribution in [0.5, 0.6) is 0 Å². The summed E-state index contributed by atoms with van der Waals surface area (Å²) in [5, 5.41) is 32.9. The molecule has 0 aromatic rings. The average Bonchev–Trinajstić information content (AvgIpc) is 2.96. The summed E-state index contributed by atoms with van der Waals surface area (Å²) in [5.41, 5.74) is 0. The van der Waals surface area contributed by atoms with E-state index in [1.807, 2.05) is 6.08 Å². The zero-order valence-corrected chi connectivity index (χ0v) is 26.9. The zero-order valence-electron chi connectivity index (χ0n) is 26.9. The number of allylic oxidation sites excluding steroid dienone is 5. The topological polar surface area (TPSA) is 89.8 Å². The standard InChI is InChI=1S/C36H67NO4/c1-3-5-7-9-11-13-14-15-16-17-18-19-20-22-24-26-28-30-35(40)34(32-38)37-36(41)31-33(39)29-27-25-23-21-12-10-8-6-4-2/h16-17,20,22,28,30,33-35,38-40H,3-15,18-19,21,23-27,29,31-32H2,1-2H3,(H,37,41)/b17-16+,22-20+,30-28+. The fourth-order valence-corrected chi connectivity index (χ4v) is 4.96. The van der Waals surface area contributed by atoms with E-state index in [2.05, 4.69) is 43.5 Å². The van der Waals surface area contributed by atoms with Crippen LogP contribution >= 0.6 is 0 Å². The number of amides is 1. The summed E-state index contributed by atoms with van der Waals surface area (Å²) in [6, 6.07) is -0.762. The lowest BCUT2D eigenvalue weighted by molar-refractivity contribution is -0.124. The molecular formula is C36H67NO4. The maximum atomic E-state index is 12.3. The van der Waals surface area contributed by atoms with Gasteiger partial charge in [0.1, 0.15) is 0 Å². The van der Waals surface area contributed by atoms with Gasteiger partial charge in [-0.25, -0.2) is 0 Å². The number of aliphatic hydroxyl groups excluding tert-OH is 3. The Labute approximate surface area is 254 Å². The molecule has 0 saturated carbocycles. The molecule has 0 saturated heterocycles. The smallest absolute Gasteiger partial charge is 0.222 e. The fraction of sp³-hybridized carbons (Fsp3) is 0.806. The van der Waals surface area contributed by atoms with E-state index in [0.29, 0.717) is 6.42 Å². The first kappa shape index (κ1) is 39.6. The molecule has 5 heteroatoms. The number of unbranched alkanes of at least 4 members (excludes halogenated alkanes) is 17. The maximum absolute atomic E-state index is 12.3. The van der Waals surface area contributed by atoms with Gasteiger partial charge in [0.15, 0.2) is 0 Å². The van der Waals surface area contributed by atoms with Gasteiger partial charge in [-0.1, -0.05) is 147 Å². The number of nitrogens with one attached hydrogen (secondary N) is 1. The second-order valence-corrected chi connectivity index (χ2v) is 11.8. The number of carbonyl (C=O) groups excluding carboxylic acids is 1. The predicted molar refractivity (Wildman–Crippen MR) is 176 cm³/mol. The molecule has 0 aliphatic carbocycles. The van der Waals surface area contributed by atoms with Crippen LogP contribution in [0.3, 0.4) is 0 Å².